The van der Waals surface area contributed by atoms with Gasteiger partial charge in [0.15, 0.2) is 0 Å². The Bertz CT molecular complexity index is 4760. The second kappa shape index (κ2) is 48.2. The minimum atomic E-state index is -0.734. The molecule has 3 heterocycles. The Morgan fingerprint density at radius 3 is 1.12 bits per heavy atom. The van der Waals surface area contributed by atoms with E-state index < -0.39 is 41.5 Å². The summed E-state index contributed by atoms with van der Waals surface area (Å²) in [5.74, 6) is 3.85. The van der Waals surface area contributed by atoms with Gasteiger partial charge in [0.05, 0.1) is 126 Å². The van der Waals surface area contributed by atoms with E-state index in [9.17, 15) is 33.6 Å². The summed E-state index contributed by atoms with van der Waals surface area (Å²) >= 11 is 24.0. The van der Waals surface area contributed by atoms with Gasteiger partial charge in [-0.15, -0.1) is 0 Å². The zero-order chi connectivity index (χ0) is 88.4. The maximum absolute atomic E-state index is 13.5. The number of carbonyl (C=O) groups is 7. The van der Waals surface area contributed by atoms with Crippen molar-refractivity contribution in [2.45, 2.75) is 110 Å². The van der Waals surface area contributed by atoms with Crippen molar-refractivity contribution in [3.05, 3.63) is 219 Å². The lowest BCUT2D eigenvalue weighted by molar-refractivity contribution is -0.122. The average Bonchev–Trinajstić information content (AvgIpc) is 0.793. The molecule has 0 unspecified atom stereocenters. The number of amides is 9. The molecular weight excluding hydrogens is 1660 g/mol. The van der Waals surface area contributed by atoms with Gasteiger partial charge in [0.1, 0.15) is 58.8 Å². The number of hydrogen-bond donors (Lipinski definition) is 6. The monoisotopic (exact) mass is 1770 g/mol. The number of hydrogen-bond acceptors (Lipinski definition) is 20. The maximum Gasteiger partial charge on any atom is 0.410 e. The minimum Gasteiger partial charge on any atom is -0.496 e. The Morgan fingerprint density at radius 2 is 0.772 bits per heavy atom. The number of anilines is 5. The SMILES string of the molecule is COc1ccccc1COCCCOc1ccc(N2C(=O)CN(C(=O)OC(C)(C)C)C[C@@H]2CN)cc1.COc1ccccc1COCCCOc1ccc(N2C(=O)CN(C(=O)OC(C)(C)C)C[C@@H]2CNC(=O)Nc2ccc(Cl)c(Cl)c2)cc1.COc1ccccc1COCCCOc1ccc(N2C(=O)CNC[C@@H]2CNC(=O)Nc2ccc(Cl)c(Cl)c2)cc1. The normalized spacial score (nSPS) is 15.3. The van der Waals surface area contributed by atoms with Crippen LogP contribution in [0.2, 0.25) is 20.1 Å². The van der Waals surface area contributed by atoms with Crippen molar-refractivity contribution < 1.29 is 85.7 Å². The Morgan fingerprint density at radius 1 is 0.431 bits per heavy atom. The van der Waals surface area contributed by atoms with Crippen LogP contribution in [0.25, 0.3) is 0 Å². The van der Waals surface area contributed by atoms with Gasteiger partial charge in [0.2, 0.25) is 17.7 Å². The number of methoxy groups -OCH3 is 3. The molecule has 29 nitrogen and oxygen atoms in total. The smallest absolute Gasteiger partial charge is 0.410 e. The van der Waals surface area contributed by atoms with Crippen LogP contribution in [0.4, 0.5) is 47.6 Å². The minimum absolute atomic E-state index is 0.0469. The molecule has 33 heteroatoms. The number of carbonyl (C=O) groups excluding carboxylic acids is 7. The molecule has 9 amide bonds. The molecule has 0 aromatic heterocycles. The zero-order valence-electron chi connectivity index (χ0n) is 70.6. The van der Waals surface area contributed by atoms with Crippen molar-refractivity contribution in [2.75, 3.05) is 145 Å². The molecule has 123 heavy (non-hydrogen) atoms. The van der Waals surface area contributed by atoms with Gasteiger partial charge < -0.3 is 99.1 Å². The van der Waals surface area contributed by atoms with E-state index in [1.54, 1.807) is 132 Å². The zero-order valence-corrected chi connectivity index (χ0v) is 73.6. The molecule has 3 fully saturated rings. The molecule has 8 aromatic rings. The first-order chi connectivity index (χ1) is 59.1. The molecule has 0 bridgehead atoms. The summed E-state index contributed by atoms with van der Waals surface area (Å²) in [7, 11) is 4.93. The second-order valence-corrected chi connectivity index (χ2v) is 32.1. The molecule has 8 aromatic carbocycles. The van der Waals surface area contributed by atoms with E-state index >= 15 is 0 Å². The van der Waals surface area contributed by atoms with Crippen molar-refractivity contribution >= 4 is 117 Å². The van der Waals surface area contributed by atoms with E-state index in [-0.39, 0.29) is 75.6 Å². The largest absolute Gasteiger partial charge is 0.496 e. The highest BCUT2D eigenvalue weighted by Gasteiger charge is 2.40. The highest BCUT2D eigenvalue weighted by molar-refractivity contribution is 6.42. The van der Waals surface area contributed by atoms with Gasteiger partial charge in [-0.1, -0.05) is 101 Å². The van der Waals surface area contributed by atoms with Crippen molar-refractivity contribution in [2.24, 2.45) is 5.73 Å². The summed E-state index contributed by atoms with van der Waals surface area (Å²) in [6.07, 6.45) is 1.03. The third-order valence-corrected chi connectivity index (χ3v) is 20.3. The number of nitrogens with zero attached hydrogens (tertiary/aromatic N) is 5. The van der Waals surface area contributed by atoms with E-state index in [0.29, 0.717) is 139 Å². The highest BCUT2D eigenvalue weighted by atomic mass is 35.5. The van der Waals surface area contributed by atoms with Crippen LogP contribution in [0.3, 0.4) is 0 Å². The van der Waals surface area contributed by atoms with E-state index in [0.717, 1.165) is 52.5 Å². The highest BCUT2D eigenvalue weighted by Crippen LogP contribution is 2.32. The van der Waals surface area contributed by atoms with Crippen molar-refractivity contribution in [1.29, 1.82) is 0 Å². The number of urea groups is 2. The number of para-hydroxylation sites is 3. The Kier molecular flexibility index (Phi) is 37.5. The third-order valence-electron chi connectivity index (χ3n) is 18.8. The number of rotatable bonds is 34. The molecule has 0 saturated carbocycles. The second-order valence-electron chi connectivity index (χ2n) is 30.4. The van der Waals surface area contributed by atoms with E-state index in [1.165, 1.54) is 15.9 Å². The van der Waals surface area contributed by atoms with Crippen LogP contribution in [-0.4, -0.2) is 201 Å². The number of piperazine rings is 3. The van der Waals surface area contributed by atoms with E-state index in [1.807, 2.05) is 121 Å². The topological polar surface area (TPSA) is 323 Å². The molecule has 7 N–H and O–H groups in total. The van der Waals surface area contributed by atoms with Crippen LogP contribution in [0.5, 0.6) is 34.5 Å². The number of nitrogens with two attached hydrogens (primary N) is 1. The summed E-state index contributed by atoms with van der Waals surface area (Å²) in [5.41, 5.74) is 10.6. The summed E-state index contributed by atoms with van der Waals surface area (Å²) in [4.78, 5) is 97.3. The summed E-state index contributed by atoms with van der Waals surface area (Å²) < 4.78 is 61.8. The standard InChI is InChI=1S/C34H40Cl2N4O7.C29H32Cl2N4O5.C27H37N3O6/c1-34(2,3)47-33(43)39-20-26(19-37-32(42)38-24-10-15-28(35)29(36)18-24)40(31(41)21-39)25-11-13-27(14-12-25)46-17-7-16-45-22-23-8-5-6-9-30(23)44-4;1-38-27-6-3-2-5-20(27)19-39-13-4-14-40-24-10-8-22(9-11-24)35-23(16-32-18-28(35)36)17-33-29(37)34-21-7-12-25(30)26(31)15-21;1-27(2,3)36-26(32)29-17-22(16-28)30(25(31)18-29)21-10-12-23(13-11-21)35-15-7-14-34-19-20-8-5-6-9-24(20)33-4/h5-6,8-15,18,26H,7,16-17,19-22H2,1-4H3,(H2,37,38,42);2-3,5-12,15,23,32H,4,13-14,16-19H2,1H3,(H2,33,34,37);5-6,8-13,22H,7,14-19,28H2,1-4H3/t26-;23-;22-/m010/s1. The van der Waals surface area contributed by atoms with Crippen molar-refractivity contribution in [3.63, 3.8) is 0 Å². The molecule has 11 rings (SSSR count). The van der Waals surface area contributed by atoms with Crippen LogP contribution in [0.1, 0.15) is 77.5 Å². The quantitative estimate of drug-likeness (QED) is 0.0204. The molecule has 0 aliphatic carbocycles. The summed E-state index contributed by atoms with van der Waals surface area (Å²) in [5, 5.41) is 15.6. The fourth-order valence-electron chi connectivity index (χ4n) is 13.0. The summed E-state index contributed by atoms with van der Waals surface area (Å²) in [6.45, 7) is 16.6. The third kappa shape index (κ3) is 30.8. The lowest BCUT2D eigenvalue weighted by atomic mass is 10.1. The molecule has 3 aliphatic heterocycles. The van der Waals surface area contributed by atoms with Crippen LogP contribution in [-0.2, 0) is 57.9 Å². The van der Waals surface area contributed by atoms with Gasteiger partial charge in [-0.25, -0.2) is 19.2 Å². The maximum atomic E-state index is 13.5. The van der Waals surface area contributed by atoms with Crippen molar-refractivity contribution in [3.8, 4) is 34.5 Å². The summed E-state index contributed by atoms with van der Waals surface area (Å²) in [6, 6.07) is 52.5. The number of ether oxygens (including phenoxy) is 11. The van der Waals surface area contributed by atoms with Gasteiger partial charge in [0, 0.05) is 104 Å². The fraction of sp³-hybridized carbons (Fsp3) is 0.389. The molecule has 0 spiro atoms. The molecule has 3 saturated heterocycles. The Labute approximate surface area is 738 Å². The molecular formula is C90H109Cl4N11O18. The Hall–Kier alpha value is -11.0. The van der Waals surface area contributed by atoms with Gasteiger partial charge in [-0.2, -0.15) is 0 Å². The van der Waals surface area contributed by atoms with Crippen LogP contribution in [0, 0.1) is 0 Å². The molecule has 3 atom stereocenters. The molecule has 0 radical (unpaired) electrons. The van der Waals surface area contributed by atoms with Crippen LogP contribution < -0.4 is 75.4 Å². The number of halogens is 4. The first-order valence-electron chi connectivity index (χ1n) is 40.2. The first kappa shape index (κ1) is 95.8. The van der Waals surface area contributed by atoms with Gasteiger partial charge in [0.25, 0.3) is 0 Å². The Balaban J connectivity index is 0.000000211. The average molecular weight is 1770 g/mol. The lowest BCUT2D eigenvalue weighted by Crippen LogP contribution is -2.61. The predicted molar refractivity (Wildman–Crippen MR) is 476 cm³/mol. The number of benzene rings is 8. The predicted octanol–water partition coefficient (Wildman–Crippen LogP) is 15.5. The number of nitrogens with one attached hydrogen (secondary N) is 5. The van der Waals surface area contributed by atoms with Crippen LogP contribution in [0.15, 0.2) is 182 Å². The van der Waals surface area contributed by atoms with Crippen LogP contribution >= 0.6 is 46.4 Å². The van der Waals surface area contributed by atoms with Gasteiger partial charge in [-0.05, 0) is 169 Å². The molecule has 660 valence electrons. The van der Waals surface area contributed by atoms with Gasteiger partial charge >= 0.3 is 24.2 Å². The van der Waals surface area contributed by atoms with E-state index in [2.05, 4.69) is 26.6 Å². The van der Waals surface area contributed by atoms with Crippen molar-refractivity contribution in [1.82, 2.24) is 25.8 Å². The lowest BCUT2D eigenvalue weighted by Gasteiger charge is -2.41. The van der Waals surface area contributed by atoms with Gasteiger partial charge in [-0.3, -0.25) is 24.2 Å². The first-order valence-corrected chi connectivity index (χ1v) is 41.7. The van der Waals surface area contributed by atoms with E-state index in [4.69, 9.17) is 104 Å². The fourth-order valence-corrected chi connectivity index (χ4v) is 13.6. The molecule has 3 aliphatic rings.